The Bertz CT molecular complexity index is 427. The molecule has 0 atom stereocenters. The average Bonchev–Trinajstić information content (AvgIpc) is 2.25. The highest BCUT2D eigenvalue weighted by molar-refractivity contribution is 8.00. The lowest BCUT2D eigenvalue weighted by molar-refractivity contribution is -0.0327. The Morgan fingerprint density at radius 1 is 1.47 bits per heavy atom. The first-order valence-electron chi connectivity index (χ1n) is 4.53. The molecule has 3 N–H and O–H groups in total. The number of thioether (sulfide) groups is 1. The number of hydrogen-bond acceptors (Lipinski definition) is 5. The first-order valence-corrected chi connectivity index (χ1v) is 5.52. The molecule has 0 saturated carbocycles. The molecular formula is C9H9F3N4S. The smallest absolute Gasteiger partial charge is 0.396 e. The molecular weight excluding hydrogens is 253 g/mol. The molecule has 0 fully saturated rings. The first-order chi connectivity index (χ1) is 7.92. The number of nitrogens with two attached hydrogens (primary N) is 1. The van der Waals surface area contributed by atoms with Crippen molar-refractivity contribution in [2.24, 2.45) is 0 Å². The van der Waals surface area contributed by atoms with Crippen LogP contribution in [0.2, 0.25) is 0 Å². The minimum absolute atomic E-state index is 0.0541. The average molecular weight is 262 g/mol. The normalized spacial score (nSPS) is 10.9. The number of anilines is 2. The lowest BCUT2D eigenvalue weighted by Gasteiger charge is -2.08. The second-order valence-electron chi connectivity index (χ2n) is 2.97. The molecule has 4 nitrogen and oxygen atoms in total. The summed E-state index contributed by atoms with van der Waals surface area (Å²) in [5, 5.41) is 11.3. The van der Waals surface area contributed by atoms with Crippen molar-refractivity contribution < 1.29 is 13.2 Å². The lowest BCUT2D eigenvalue weighted by atomic mass is 10.3. The molecule has 0 saturated heterocycles. The summed E-state index contributed by atoms with van der Waals surface area (Å²) in [5.41, 5.74) is 1.51. The van der Waals surface area contributed by atoms with Crippen molar-refractivity contribution >= 4 is 23.3 Å². The van der Waals surface area contributed by atoms with Gasteiger partial charge >= 0.3 is 5.51 Å². The summed E-state index contributed by atoms with van der Waals surface area (Å²) in [4.78, 5) is 3.84. The van der Waals surface area contributed by atoms with Crippen molar-refractivity contribution in [1.29, 1.82) is 5.26 Å². The van der Waals surface area contributed by atoms with Crippen LogP contribution < -0.4 is 11.1 Å². The molecule has 0 unspecified atom stereocenters. The molecule has 0 aliphatic heterocycles. The summed E-state index contributed by atoms with van der Waals surface area (Å²) in [6, 6.07) is 4.77. The van der Waals surface area contributed by atoms with E-state index in [1.165, 1.54) is 12.1 Å². The summed E-state index contributed by atoms with van der Waals surface area (Å²) < 4.78 is 35.4. The summed E-state index contributed by atoms with van der Waals surface area (Å²) in [7, 11) is 0. The van der Waals surface area contributed by atoms with E-state index < -0.39 is 5.51 Å². The van der Waals surface area contributed by atoms with Crippen LogP contribution in [0.25, 0.3) is 0 Å². The Morgan fingerprint density at radius 3 is 2.76 bits per heavy atom. The van der Waals surface area contributed by atoms with Crippen molar-refractivity contribution in [2.75, 3.05) is 23.3 Å². The van der Waals surface area contributed by atoms with Gasteiger partial charge in [-0.3, -0.25) is 0 Å². The number of nitrogen functional groups attached to an aromatic ring is 1. The topological polar surface area (TPSA) is 74.7 Å². The molecule has 0 aliphatic carbocycles. The van der Waals surface area contributed by atoms with Gasteiger partial charge in [-0.25, -0.2) is 4.98 Å². The van der Waals surface area contributed by atoms with Crippen LogP contribution in [0.15, 0.2) is 12.1 Å². The minimum atomic E-state index is -4.23. The molecule has 1 aromatic rings. The van der Waals surface area contributed by atoms with Gasteiger partial charge in [0.1, 0.15) is 11.9 Å². The molecule has 0 aliphatic rings. The van der Waals surface area contributed by atoms with Crippen LogP contribution in [-0.4, -0.2) is 22.8 Å². The van der Waals surface area contributed by atoms with E-state index in [0.717, 1.165) is 0 Å². The Hall–Kier alpha value is -1.62. The Balaban J connectivity index is 2.45. The van der Waals surface area contributed by atoms with Crippen molar-refractivity contribution in [3.8, 4) is 6.07 Å². The third kappa shape index (κ3) is 4.82. The predicted octanol–water partition coefficient (Wildman–Crippen LogP) is 2.20. The van der Waals surface area contributed by atoms with Gasteiger partial charge in [-0.1, -0.05) is 0 Å². The zero-order valence-electron chi connectivity index (χ0n) is 8.58. The standard InChI is InChI=1S/C9H9F3N4S/c10-9(11,12)17-4-3-15-8-2-1-6(14)7(5-13)16-8/h1-2H,3-4,14H2,(H,15,16). The van der Waals surface area contributed by atoms with Crippen LogP contribution in [0, 0.1) is 11.3 Å². The van der Waals surface area contributed by atoms with Gasteiger partial charge in [-0.05, 0) is 23.9 Å². The third-order valence-corrected chi connectivity index (χ3v) is 2.44. The highest BCUT2D eigenvalue weighted by Crippen LogP contribution is 2.29. The van der Waals surface area contributed by atoms with Gasteiger partial charge in [0.15, 0.2) is 5.69 Å². The van der Waals surface area contributed by atoms with Crippen LogP contribution in [-0.2, 0) is 0 Å². The van der Waals surface area contributed by atoms with Gasteiger partial charge in [0.05, 0.1) is 5.69 Å². The molecule has 0 aromatic carbocycles. The highest BCUT2D eigenvalue weighted by Gasteiger charge is 2.27. The number of rotatable bonds is 4. The van der Waals surface area contributed by atoms with E-state index in [1.54, 1.807) is 6.07 Å². The molecule has 0 spiro atoms. The first kappa shape index (κ1) is 13.4. The molecule has 1 heterocycles. The van der Waals surface area contributed by atoms with E-state index in [-0.39, 0.29) is 35.4 Å². The molecule has 8 heteroatoms. The van der Waals surface area contributed by atoms with Crippen molar-refractivity contribution in [2.45, 2.75) is 5.51 Å². The Kier molecular flexibility index (Phi) is 4.45. The largest absolute Gasteiger partial charge is 0.441 e. The molecule has 92 valence electrons. The van der Waals surface area contributed by atoms with Crippen molar-refractivity contribution in [3.05, 3.63) is 17.8 Å². The van der Waals surface area contributed by atoms with Gasteiger partial charge in [-0.15, -0.1) is 0 Å². The predicted molar refractivity (Wildman–Crippen MR) is 60.4 cm³/mol. The van der Waals surface area contributed by atoms with Gasteiger partial charge in [0.2, 0.25) is 0 Å². The number of nitriles is 1. The Labute approximate surface area is 100 Å². The number of nitrogens with one attached hydrogen (secondary N) is 1. The van der Waals surface area contributed by atoms with E-state index in [2.05, 4.69) is 10.3 Å². The number of nitrogens with zero attached hydrogens (tertiary/aromatic N) is 2. The molecule has 17 heavy (non-hydrogen) atoms. The SMILES string of the molecule is N#Cc1nc(NCCSC(F)(F)F)ccc1N. The van der Waals surface area contributed by atoms with E-state index in [9.17, 15) is 13.2 Å². The van der Waals surface area contributed by atoms with Gasteiger partial charge < -0.3 is 11.1 Å². The van der Waals surface area contributed by atoms with Crippen LogP contribution in [0.3, 0.4) is 0 Å². The fourth-order valence-electron chi connectivity index (χ4n) is 1.00. The number of aromatic nitrogens is 1. The molecule has 0 amide bonds. The quantitative estimate of drug-likeness (QED) is 0.814. The lowest BCUT2D eigenvalue weighted by Crippen LogP contribution is -2.10. The summed E-state index contributed by atoms with van der Waals surface area (Å²) >= 11 is -0.114. The number of hydrogen-bond donors (Lipinski definition) is 2. The molecule has 1 rings (SSSR count). The maximum absolute atomic E-state index is 11.8. The van der Waals surface area contributed by atoms with Crippen molar-refractivity contribution in [1.82, 2.24) is 4.98 Å². The Morgan fingerprint density at radius 2 is 2.18 bits per heavy atom. The van der Waals surface area contributed by atoms with Gasteiger partial charge in [-0.2, -0.15) is 18.4 Å². The zero-order chi connectivity index (χ0) is 12.9. The number of alkyl halides is 3. The van der Waals surface area contributed by atoms with E-state index in [1.807, 2.05) is 0 Å². The maximum atomic E-state index is 11.8. The number of pyridine rings is 1. The minimum Gasteiger partial charge on any atom is -0.396 e. The van der Waals surface area contributed by atoms with Gasteiger partial charge in [0.25, 0.3) is 0 Å². The van der Waals surface area contributed by atoms with Gasteiger partial charge in [0, 0.05) is 12.3 Å². The second-order valence-corrected chi connectivity index (χ2v) is 4.13. The summed E-state index contributed by atoms with van der Waals surface area (Å²) in [5.74, 6) is 0.204. The fourth-order valence-corrected chi connectivity index (χ4v) is 1.44. The summed E-state index contributed by atoms with van der Waals surface area (Å²) in [6.07, 6.45) is 0. The number of halogens is 3. The highest BCUT2D eigenvalue weighted by atomic mass is 32.2. The van der Waals surface area contributed by atoms with Crippen LogP contribution in [0.5, 0.6) is 0 Å². The molecule has 0 radical (unpaired) electrons. The second kappa shape index (κ2) is 5.63. The maximum Gasteiger partial charge on any atom is 0.441 e. The molecule has 1 aromatic heterocycles. The fraction of sp³-hybridized carbons (Fsp3) is 0.333. The van der Waals surface area contributed by atoms with E-state index in [4.69, 9.17) is 11.0 Å². The van der Waals surface area contributed by atoms with Crippen molar-refractivity contribution in [3.63, 3.8) is 0 Å². The van der Waals surface area contributed by atoms with E-state index in [0.29, 0.717) is 5.82 Å². The monoisotopic (exact) mass is 262 g/mol. The molecule has 0 bridgehead atoms. The van der Waals surface area contributed by atoms with Crippen LogP contribution in [0.1, 0.15) is 5.69 Å². The third-order valence-electron chi connectivity index (χ3n) is 1.71. The van der Waals surface area contributed by atoms with E-state index >= 15 is 0 Å². The zero-order valence-corrected chi connectivity index (χ0v) is 9.40. The summed E-state index contributed by atoms with van der Waals surface area (Å²) in [6.45, 7) is 0.103. The van der Waals surface area contributed by atoms with Crippen LogP contribution in [0.4, 0.5) is 24.7 Å². The van der Waals surface area contributed by atoms with Crippen LogP contribution >= 0.6 is 11.8 Å².